The molecular formula is C13H21N5S. The lowest BCUT2D eigenvalue weighted by Gasteiger charge is -2.36. The van der Waals surface area contributed by atoms with Crippen molar-refractivity contribution in [3.05, 3.63) is 5.82 Å². The van der Waals surface area contributed by atoms with Crippen molar-refractivity contribution in [1.82, 2.24) is 14.3 Å². The first-order valence-corrected chi connectivity index (χ1v) is 7.65. The van der Waals surface area contributed by atoms with Gasteiger partial charge in [0, 0.05) is 43.6 Å². The number of rotatable bonds is 4. The van der Waals surface area contributed by atoms with Gasteiger partial charge in [0.25, 0.3) is 0 Å². The molecule has 0 bridgehead atoms. The van der Waals surface area contributed by atoms with E-state index in [0.717, 1.165) is 43.6 Å². The van der Waals surface area contributed by atoms with Gasteiger partial charge in [-0.25, -0.2) is 4.98 Å². The van der Waals surface area contributed by atoms with E-state index in [1.807, 2.05) is 0 Å². The Morgan fingerprint density at radius 2 is 2.00 bits per heavy atom. The molecule has 1 aromatic heterocycles. The van der Waals surface area contributed by atoms with Gasteiger partial charge in [-0.2, -0.15) is 9.64 Å². The fourth-order valence-corrected chi connectivity index (χ4v) is 3.10. The molecule has 0 aliphatic carbocycles. The average molecular weight is 279 g/mol. The number of nitrogens with zero attached hydrogens (tertiary/aromatic N) is 5. The van der Waals surface area contributed by atoms with Crippen LogP contribution in [0.4, 0.5) is 5.13 Å². The minimum Gasteiger partial charge on any atom is -0.344 e. The van der Waals surface area contributed by atoms with Crippen LogP contribution >= 0.6 is 11.5 Å². The SMILES string of the molecule is CCC(C#N)N1CCN(c2nc(C(C)C)ns2)CC1. The molecule has 0 amide bonds. The highest BCUT2D eigenvalue weighted by atomic mass is 32.1. The van der Waals surface area contributed by atoms with Crippen LogP contribution < -0.4 is 4.90 Å². The summed E-state index contributed by atoms with van der Waals surface area (Å²) < 4.78 is 4.40. The summed E-state index contributed by atoms with van der Waals surface area (Å²) in [6, 6.07) is 2.44. The van der Waals surface area contributed by atoms with Gasteiger partial charge in [0.15, 0.2) is 0 Å². The smallest absolute Gasteiger partial charge is 0.205 e. The van der Waals surface area contributed by atoms with Crippen LogP contribution in [-0.2, 0) is 0 Å². The van der Waals surface area contributed by atoms with Crippen LogP contribution in [0.15, 0.2) is 0 Å². The van der Waals surface area contributed by atoms with Gasteiger partial charge in [0.05, 0.1) is 12.1 Å². The number of aromatic nitrogens is 2. The highest BCUT2D eigenvalue weighted by molar-refractivity contribution is 7.09. The van der Waals surface area contributed by atoms with E-state index in [1.165, 1.54) is 11.5 Å². The molecule has 6 heteroatoms. The number of hydrogen-bond acceptors (Lipinski definition) is 6. The van der Waals surface area contributed by atoms with Crippen LogP contribution in [0.2, 0.25) is 0 Å². The Morgan fingerprint density at radius 1 is 1.32 bits per heavy atom. The van der Waals surface area contributed by atoms with Crippen LogP contribution in [0.5, 0.6) is 0 Å². The Labute approximate surface area is 119 Å². The first-order chi connectivity index (χ1) is 9.15. The second-order valence-corrected chi connectivity index (χ2v) is 5.90. The summed E-state index contributed by atoms with van der Waals surface area (Å²) >= 11 is 1.49. The average Bonchev–Trinajstić information content (AvgIpc) is 2.91. The predicted molar refractivity (Wildman–Crippen MR) is 77.5 cm³/mol. The lowest BCUT2D eigenvalue weighted by Crippen LogP contribution is -2.49. The molecule has 1 aliphatic heterocycles. The zero-order valence-corrected chi connectivity index (χ0v) is 12.7. The van der Waals surface area contributed by atoms with Gasteiger partial charge in [-0.05, 0) is 6.42 Å². The molecular weight excluding hydrogens is 258 g/mol. The van der Waals surface area contributed by atoms with Crippen molar-refractivity contribution in [1.29, 1.82) is 5.26 Å². The van der Waals surface area contributed by atoms with Crippen LogP contribution in [0.25, 0.3) is 0 Å². The van der Waals surface area contributed by atoms with E-state index in [4.69, 9.17) is 5.26 Å². The Bertz CT molecular complexity index is 442. The maximum Gasteiger partial charge on any atom is 0.205 e. The van der Waals surface area contributed by atoms with Crippen LogP contribution in [0, 0.1) is 11.3 Å². The second kappa shape index (κ2) is 6.31. The molecule has 0 aromatic carbocycles. The largest absolute Gasteiger partial charge is 0.344 e. The first-order valence-electron chi connectivity index (χ1n) is 6.88. The van der Waals surface area contributed by atoms with Crippen molar-refractivity contribution in [2.75, 3.05) is 31.1 Å². The summed E-state index contributed by atoms with van der Waals surface area (Å²) in [4.78, 5) is 9.14. The molecule has 1 aliphatic rings. The fraction of sp³-hybridized carbons (Fsp3) is 0.769. The minimum absolute atomic E-state index is 0.0581. The highest BCUT2D eigenvalue weighted by Gasteiger charge is 2.24. The fourth-order valence-electron chi connectivity index (χ4n) is 2.25. The van der Waals surface area contributed by atoms with E-state index in [-0.39, 0.29) is 6.04 Å². The third kappa shape index (κ3) is 3.23. The quantitative estimate of drug-likeness (QED) is 0.844. The molecule has 104 valence electrons. The van der Waals surface area contributed by atoms with E-state index in [2.05, 4.69) is 46.0 Å². The van der Waals surface area contributed by atoms with Crippen molar-refractivity contribution >= 4 is 16.7 Å². The Balaban J connectivity index is 1.94. The maximum atomic E-state index is 9.10. The summed E-state index contributed by atoms with van der Waals surface area (Å²) in [6.45, 7) is 10.0. The Kier molecular flexibility index (Phi) is 4.72. The molecule has 5 nitrogen and oxygen atoms in total. The lowest BCUT2D eigenvalue weighted by molar-refractivity contribution is 0.216. The number of anilines is 1. The topological polar surface area (TPSA) is 56.1 Å². The van der Waals surface area contributed by atoms with Gasteiger partial charge in [-0.15, -0.1) is 0 Å². The first kappa shape index (κ1) is 14.2. The maximum absolute atomic E-state index is 9.10. The predicted octanol–water partition coefficient (Wildman–Crippen LogP) is 2.09. The van der Waals surface area contributed by atoms with Gasteiger partial charge in [-0.3, -0.25) is 4.90 Å². The molecule has 0 spiro atoms. The monoisotopic (exact) mass is 279 g/mol. The standard InChI is InChI=1S/C13H21N5S/c1-4-11(9-14)17-5-7-18(8-6-17)13-15-12(10(2)3)16-19-13/h10-11H,4-8H2,1-3H3. The van der Waals surface area contributed by atoms with Crippen molar-refractivity contribution in [2.45, 2.75) is 39.2 Å². The summed E-state index contributed by atoms with van der Waals surface area (Å²) in [5, 5.41) is 10.1. The van der Waals surface area contributed by atoms with Crippen molar-refractivity contribution in [3.8, 4) is 6.07 Å². The molecule has 1 aromatic rings. The minimum atomic E-state index is 0.0581. The van der Waals surface area contributed by atoms with E-state index >= 15 is 0 Å². The van der Waals surface area contributed by atoms with Gasteiger partial charge >= 0.3 is 0 Å². The number of hydrogen-bond donors (Lipinski definition) is 0. The van der Waals surface area contributed by atoms with E-state index in [9.17, 15) is 0 Å². The molecule has 1 atom stereocenters. The van der Waals surface area contributed by atoms with Crippen LogP contribution in [0.3, 0.4) is 0 Å². The molecule has 19 heavy (non-hydrogen) atoms. The summed E-state index contributed by atoms with van der Waals surface area (Å²) in [5.74, 6) is 1.32. The van der Waals surface area contributed by atoms with Gasteiger partial charge < -0.3 is 4.90 Å². The zero-order valence-electron chi connectivity index (χ0n) is 11.8. The van der Waals surface area contributed by atoms with Crippen LogP contribution in [0.1, 0.15) is 38.9 Å². The zero-order chi connectivity index (χ0) is 13.8. The molecule has 1 saturated heterocycles. The van der Waals surface area contributed by atoms with Crippen molar-refractivity contribution < 1.29 is 0 Å². The normalized spacial score (nSPS) is 18.6. The summed E-state index contributed by atoms with van der Waals surface area (Å²) in [7, 11) is 0. The number of nitriles is 1. The highest BCUT2D eigenvalue weighted by Crippen LogP contribution is 2.23. The van der Waals surface area contributed by atoms with E-state index < -0.39 is 0 Å². The van der Waals surface area contributed by atoms with Crippen molar-refractivity contribution in [2.24, 2.45) is 0 Å². The third-order valence-corrected chi connectivity index (χ3v) is 4.30. The Hall–Kier alpha value is -1.19. The second-order valence-electron chi connectivity index (χ2n) is 5.17. The molecule has 2 heterocycles. The summed E-state index contributed by atoms with van der Waals surface area (Å²) in [6.07, 6.45) is 0.896. The molecule has 2 rings (SSSR count). The van der Waals surface area contributed by atoms with E-state index in [1.54, 1.807) is 0 Å². The third-order valence-electron chi connectivity index (χ3n) is 3.51. The Morgan fingerprint density at radius 3 is 2.47 bits per heavy atom. The lowest BCUT2D eigenvalue weighted by atomic mass is 10.2. The summed E-state index contributed by atoms with van der Waals surface area (Å²) in [5.41, 5.74) is 0. The van der Waals surface area contributed by atoms with Gasteiger partial charge in [0.2, 0.25) is 5.13 Å². The van der Waals surface area contributed by atoms with E-state index in [0.29, 0.717) is 5.92 Å². The van der Waals surface area contributed by atoms with Crippen molar-refractivity contribution in [3.63, 3.8) is 0 Å². The number of piperazine rings is 1. The molecule has 1 unspecified atom stereocenters. The molecule has 0 saturated carbocycles. The molecule has 0 N–H and O–H groups in total. The van der Waals surface area contributed by atoms with Gasteiger partial charge in [-0.1, -0.05) is 20.8 Å². The molecule has 0 radical (unpaired) electrons. The molecule has 1 fully saturated rings. The van der Waals surface area contributed by atoms with Crippen LogP contribution in [-0.4, -0.2) is 46.5 Å². The van der Waals surface area contributed by atoms with Gasteiger partial charge in [0.1, 0.15) is 5.82 Å².